The van der Waals surface area contributed by atoms with Gasteiger partial charge in [0.05, 0.1) is 0 Å². The van der Waals surface area contributed by atoms with E-state index in [9.17, 15) is 4.79 Å². The van der Waals surface area contributed by atoms with Crippen LogP contribution >= 0.6 is 11.6 Å². The third-order valence-electron chi connectivity index (χ3n) is 2.36. The summed E-state index contributed by atoms with van der Waals surface area (Å²) in [7, 11) is 0. The Morgan fingerprint density at radius 2 is 1.56 bits per heavy atom. The van der Waals surface area contributed by atoms with E-state index in [-0.39, 0.29) is 6.00 Å². The Balaban J connectivity index is 2.12. The number of alkyl halides is 1. The first kappa shape index (κ1) is 12.5. The van der Waals surface area contributed by atoms with Gasteiger partial charge in [0.1, 0.15) is 11.8 Å². The third kappa shape index (κ3) is 3.02. The number of halogens is 1. The number of nitrogens with zero attached hydrogens (tertiary/aromatic N) is 1. The molecular formula is C14H12ClNO2. The van der Waals surface area contributed by atoms with Crippen LogP contribution in [-0.4, -0.2) is 12.1 Å². The van der Waals surface area contributed by atoms with Crippen LogP contribution in [0.15, 0.2) is 60.7 Å². The van der Waals surface area contributed by atoms with Crippen molar-refractivity contribution < 1.29 is 9.53 Å². The van der Waals surface area contributed by atoms with Crippen molar-refractivity contribution in [3.63, 3.8) is 0 Å². The number of hydrogen-bond acceptors (Lipinski definition) is 2. The highest BCUT2D eigenvalue weighted by molar-refractivity contribution is 6.21. The maximum Gasteiger partial charge on any atom is 0.420 e. The van der Waals surface area contributed by atoms with E-state index in [0.717, 1.165) is 0 Å². The van der Waals surface area contributed by atoms with E-state index in [1.54, 1.807) is 36.4 Å². The molecule has 0 saturated heterocycles. The topological polar surface area (TPSA) is 29.5 Å². The minimum absolute atomic E-state index is 0.0374. The molecule has 0 heterocycles. The van der Waals surface area contributed by atoms with Gasteiger partial charge in [-0.15, -0.1) is 11.6 Å². The summed E-state index contributed by atoms with van der Waals surface area (Å²) in [5.41, 5.74) is 0.702. The normalized spacial score (nSPS) is 9.83. The van der Waals surface area contributed by atoms with Gasteiger partial charge in [0.2, 0.25) is 0 Å². The van der Waals surface area contributed by atoms with Crippen molar-refractivity contribution in [3.05, 3.63) is 60.7 Å². The molecule has 3 nitrogen and oxygen atoms in total. The summed E-state index contributed by atoms with van der Waals surface area (Å²) in [5, 5.41) is 0. The van der Waals surface area contributed by atoms with Gasteiger partial charge in [-0.3, -0.25) is 4.90 Å². The predicted octanol–water partition coefficient (Wildman–Crippen LogP) is 3.89. The van der Waals surface area contributed by atoms with Crippen LogP contribution in [0.5, 0.6) is 5.75 Å². The number of para-hydroxylation sites is 2. The summed E-state index contributed by atoms with van der Waals surface area (Å²) in [4.78, 5) is 13.3. The fourth-order valence-electron chi connectivity index (χ4n) is 1.48. The van der Waals surface area contributed by atoms with Crippen LogP contribution < -0.4 is 9.64 Å². The second kappa shape index (κ2) is 6.07. The number of carbonyl (C=O) groups excluding carboxylic acids is 1. The lowest BCUT2D eigenvalue weighted by atomic mass is 10.3. The molecule has 18 heavy (non-hydrogen) atoms. The van der Waals surface area contributed by atoms with Crippen LogP contribution in [0.3, 0.4) is 0 Å². The maximum atomic E-state index is 12.0. The van der Waals surface area contributed by atoms with Gasteiger partial charge in [0.15, 0.2) is 0 Å². The standard InChI is InChI=1S/C14H12ClNO2/c15-11-16(12-7-3-1-4-8-12)14(17)18-13-9-5-2-6-10-13/h1-10H,11H2. The number of hydrogen-bond donors (Lipinski definition) is 0. The number of rotatable bonds is 3. The SMILES string of the molecule is O=C(Oc1ccccc1)N(CCl)c1ccccc1. The molecule has 92 valence electrons. The van der Waals surface area contributed by atoms with Crippen LogP contribution in [0.2, 0.25) is 0 Å². The number of ether oxygens (including phenoxy) is 1. The first-order valence-electron chi connectivity index (χ1n) is 5.46. The lowest BCUT2D eigenvalue weighted by Crippen LogP contribution is -2.32. The summed E-state index contributed by atoms with van der Waals surface area (Å²) in [6, 6.07) is 18.1. The van der Waals surface area contributed by atoms with E-state index in [2.05, 4.69) is 0 Å². The molecule has 2 aromatic carbocycles. The van der Waals surface area contributed by atoms with Gasteiger partial charge >= 0.3 is 6.09 Å². The number of amides is 1. The zero-order valence-corrected chi connectivity index (χ0v) is 10.4. The van der Waals surface area contributed by atoms with Crippen LogP contribution in [0.1, 0.15) is 0 Å². The fourth-order valence-corrected chi connectivity index (χ4v) is 1.71. The van der Waals surface area contributed by atoms with Crippen LogP contribution in [0.25, 0.3) is 0 Å². The second-order valence-electron chi connectivity index (χ2n) is 3.56. The Bertz CT molecular complexity index is 502. The summed E-state index contributed by atoms with van der Waals surface area (Å²) in [5.74, 6) is 0.494. The maximum absolute atomic E-state index is 12.0. The highest BCUT2D eigenvalue weighted by Gasteiger charge is 2.16. The molecule has 0 saturated carbocycles. The second-order valence-corrected chi connectivity index (χ2v) is 3.80. The van der Waals surface area contributed by atoms with Crippen LogP contribution in [-0.2, 0) is 0 Å². The summed E-state index contributed by atoms with van der Waals surface area (Å²) in [6.07, 6.45) is -0.498. The van der Waals surface area contributed by atoms with Gasteiger partial charge in [-0.05, 0) is 24.3 Å². The molecule has 4 heteroatoms. The Morgan fingerprint density at radius 3 is 2.11 bits per heavy atom. The van der Waals surface area contributed by atoms with Crippen molar-refractivity contribution in [2.75, 3.05) is 10.9 Å². The zero-order chi connectivity index (χ0) is 12.8. The number of anilines is 1. The molecule has 2 aromatic rings. The van der Waals surface area contributed by atoms with Crippen molar-refractivity contribution in [1.29, 1.82) is 0 Å². The minimum atomic E-state index is -0.498. The third-order valence-corrected chi connectivity index (χ3v) is 2.60. The quantitative estimate of drug-likeness (QED) is 0.620. The number of carbonyl (C=O) groups is 1. The van der Waals surface area contributed by atoms with Gasteiger partial charge in [0.25, 0.3) is 0 Å². The predicted molar refractivity (Wildman–Crippen MR) is 72.1 cm³/mol. The molecule has 0 aliphatic rings. The molecule has 0 aliphatic heterocycles. The molecule has 1 amide bonds. The lowest BCUT2D eigenvalue weighted by molar-refractivity contribution is 0.208. The molecule has 0 aliphatic carbocycles. The largest absolute Gasteiger partial charge is 0.420 e. The van der Waals surface area contributed by atoms with Crippen molar-refractivity contribution >= 4 is 23.4 Å². The lowest BCUT2D eigenvalue weighted by Gasteiger charge is -2.19. The molecule has 0 fully saturated rings. The molecule has 0 atom stereocenters. The highest BCUT2D eigenvalue weighted by Crippen LogP contribution is 2.17. The van der Waals surface area contributed by atoms with Crippen LogP contribution in [0, 0.1) is 0 Å². The molecule has 2 rings (SSSR count). The van der Waals surface area contributed by atoms with E-state index in [0.29, 0.717) is 11.4 Å². The highest BCUT2D eigenvalue weighted by atomic mass is 35.5. The van der Waals surface area contributed by atoms with E-state index in [1.807, 2.05) is 24.3 Å². The van der Waals surface area contributed by atoms with Gasteiger partial charge in [-0.1, -0.05) is 36.4 Å². The van der Waals surface area contributed by atoms with Gasteiger partial charge in [-0.2, -0.15) is 0 Å². The average Bonchev–Trinajstić information content (AvgIpc) is 2.42. The first-order chi connectivity index (χ1) is 8.81. The fraction of sp³-hybridized carbons (Fsp3) is 0.0714. The molecule has 0 N–H and O–H groups in total. The zero-order valence-electron chi connectivity index (χ0n) is 9.62. The Kier molecular flexibility index (Phi) is 4.20. The Morgan fingerprint density at radius 1 is 1.00 bits per heavy atom. The monoisotopic (exact) mass is 261 g/mol. The molecule has 0 spiro atoms. The average molecular weight is 262 g/mol. The van der Waals surface area contributed by atoms with E-state index >= 15 is 0 Å². The van der Waals surface area contributed by atoms with Gasteiger partial charge in [-0.25, -0.2) is 4.79 Å². The van der Waals surface area contributed by atoms with E-state index in [4.69, 9.17) is 16.3 Å². The summed E-state index contributed by atoms with van der Waals surface area (Å²) in [6.45, 7) is 0. The van der Waals surface area contributed by atoms with Crippen molar-refractivity contribution in [1.82, 2.24) is 0 Å². The summed E-state index contributed by atoms with van der Waals surface area (Å²) >= 11 is 5.79. The number of benzene rings is 2. The van der Waals surface area contributed by atoms with E-state index < -0.39 is 6.09 Å². The first-order valence-corrected chi connectivity index (χ1v) is 6.00. The van der Waals surface area contributed by atoms with Crippen molar-refractivity contribution in [2.45, 2.75) is 0 Å². The Labute approximate surface area is 111 Å². The molecule has 0 unspecified atom stereocenters. The Hall–Kier alpha value is -2.00. The van der Waals surface area contributed by atoms with Gasteiger partial charge < -0.3 is 4.74 Å². The minimum Gasteiger partial charge on any atom is -0.410 e. The van der Waals surface area contributed by atoms with Gasteiger partial charge in [0, 0.05) is 5.69 Å². The molecule has 0 bridgehead atoms. The molecular weight excluding hydrogens is 250 g/mol. The van der Waals surface area contributed by atoms with Crippen molar-refractivity contribution in [3.8, 4) is 5.75 Å². The smallest absolute Gasteiger partial charge is 0.410 e. The summed E-state index contributed by atoms with van der Waals surface area (Å²) < 4.78 is 5.22. The molecule has 0 radical (unpaired) electrons. The van der Waals surface area contributed by atoms with Crippen LogP contribution in [0.4, 0.5) is 10.5 Å². The van der Waals surface area contributed by atoms with Crippen molar-refractivity contribution in [2.24, 2.45) is 0 Å². The van der Waals surface area contributed by atoms with E-state index in [1.165, 1.54) is 4.90 Å². The molecule has 0 aromatic heterocycles.